The molecule has 1 saturated carbocycles. The van der Waals surface area contributed by atoms with Crippen LogP contribution >= 0.6 is 0 Å². The normalized spacial score (nSPS) is 14.4. The Kier molecular flexibility index (Phi) is 4.59. The van der Waals surface area contributed by atoms with Gasteiger partial charge in [-0.05, 0) is 24.5 Å². The Morgan fingerprint density at radius 2 is 2.11 bits per heavy atom. The topological polar surface area (TPSA) is 64.3 Å². The van der Waals surface area contributed by atoms with Gasteiger partial charge in [-0.1, -0.05) is 25.0 Å². The van der Waals surface area contributed by atoms with Gasteiger partial charge in [0.25, 0.3) is 0 Å². The Morgan fingerprint density at radius 1 is 1.33 bits per heavy atom. The van der Waals surface area contributed by atoms with E-state index in [0.717, 1.165) is 18.9 Å². The molecule has 4 heteroatoms. The zero-order valence-corrected chi connectivity index (χ0v) is 10.5. The molecular formula is C14H20N2O2. The molecule has 98 valence electrons. The highest BCUT2D eigenvalue weighted by atomic mass is 16.5. The van der Waals surface area contributed by atoms with Crippen LogP contribution in [0, 0.1) is 5.92 Å². The molecule has 1 aliphatic rings. The van der Waals surface area contributed by atoms with Crippen molar-refractivity contribution in [2.24, 2.45) is 5.92 Å². The molecule has 2 rings (SSSR count). The second-order valence-corrected chi connectivity index (χ2v) is 4.73. The Bertz CT molecular complexity index is 403. The first-order valence-corrected chi connectivity index (χ1v) is 6.48. The number of benzene rings is 1. The Balaban J connectivity index is 1.60. The number of hydrogen-bond acceptors (Lipinski definition) is 3. The molecule has 3 N–H and O–H groups in total. The number of nitrogens with two attached hydrogens (primary N) is 1. The molecule has 0 radical (unpaired) electrons. The SMILES string of the molecule is Nc1ccccc1NC(=O)CCOCCC1CC1. The molecule has 1 aromatic rings. The highest BCUT2D eigenvalue weighted by Crippen LogP contribution is 2.32. The van der Waals surface area contributed by atoms with Crippen molar-refractivity contribution >= 4 is 17.3 Å². The van der Waals surface area contributed by atoms with Gasteiger partial charge in [0.1, 0.15) is 0 Å². The molecule has 0 unspecified atom stereocenters. The van der Waals surface area contributed by atoms with Gasteiger partial charge in [-0.15, -0.1) is 0 Å². The van der Waals surface area contributed by atoms with Crippen LogP contribution in [0.4, 0.5) is 11.4 Å². The molecule has 0 saturated heterocycles. The summed E-state index contributed by atoms with van der Waals surface area (Å²) in [5.74, 6) is 0.822. The number of hydrogen-bond donors (Lipinski definition) is 2. The first-order chi connectivity index (χ1) is 8.75. The molecule has 0 spiro atoms. The maximum Gasteiger partial charge on any atom is 0.226 e. The van der Waals surface area contributed by atoms with E-state index in [1.54, 1.807) is 12.1 Å². The van der Waals surface area contributed by atoms with E-state index in [9.17, 15) is 4.79 Å². The Hall–Kier alpha value is -1.55. The first kappa shape index (κ1) is 12.9. The molecule has 0 aromatic heterocycles. The third-order valence-corrected chi connectivity index (χ3v) is 3.08. The zero-order chi connectivity index (χ0) is 12.8. The monoisotopic (exact) mass is 248 g/mol. The van der Waals surface area contributed by atoms with Gasteiger partial charge >= 0.3 is 0 Å². The van der Waals surface area contributed by atoms with Crippen molar-refractivity contribution in [1.82, 2.24) is 0 Å². The molecule has 18 heavy (non-hydrogen) atoms. The molecule has 4 nitrogen and oxygen atoms in total. The number of rotatable bonds is 7. The molecule has 0 aliphatic heterocycles. The average Bonchev–Trinajstić information content (AvgIpc) is 3.16. The lowest BCUT2D eigenvalue weighted by Gasteiger charge is -2.08. The van der Waals surface area contributed by atoms with Crippen LogP contribution in [0.5, 0.6) is 0 Å². The lowest BCUT2D eigenvalue weighted by Crippen LogP contribution is -2.15. The molecule has 0 heterocycles. The van der Waals surface area contributed by atoms with Gasteiger partial charge in [0, 0.05) is 6.61 Å². The van der Waals surface area contributed by atoms with Crippen LogP contribution in [0.2, 0.25) is 0 Å². The van der Waals surface area contributed by atoms with Crippen molar-refractivity contribution in [3.8, 4) is 0 Å². The molecule has 0 atom stereocenters. The van der Waals surface area contributed by atoms with Gasteiger partial charge in [-0.3, -0.25) is 4.79 Å². The highest BCUT2D eigenvalue weighted by Gasteiger charge is 2.20. The lowest BCUT2D eigenvalue weighted by atomic mass is 10.2. The standard InChI is InChI=1S/C14H20N2O2/c15-12-3-1-2-4-13(12)16-14(17)8-10-18-9-7-11-5-6-11/h1-4,11H,5-10,15H2,(H,16,17). The maximum absolute atomic E-state index is 11.6. The van der Waals surface area contributed by atoms with E-state index in [1.807, 2.05) is 12.1 Å². The highest BCUT2D eigenvalue weighted by molar-refractivity contribution is 5.93. The van der Waals surface area contributed by atoms with Crippen LogP contribution in [-0.4, -0.2) is 19.1 Å². The van der Waals surface area contributed by atoms with Gasteiger partial charge in [0.2, 0.25) is 5.91 Å². The number of anilines is 2. The molecule has 1 amide bonds. The van der Waals surface area contributed by atoms with Gasteiger partial charge in [-0.25, -0.2) is 0 Å². The van der Waals surface area contributed by atoms with Crippen LogP contribution in [-0.2, 0) is 9.53 Å². The number of nitrogen functional groups attached to an aromatic ring is 1. The van der Waals surface area contributed by atoms with E-state index in [2.05, 4.69) is 5.32 Å². The van der Waals surface area contributed by atoms with Crippen LogP contribution in [0.1, 0.15) is 25.7 Å². The number of nitrogens with one attached hydrogen (secondary N) is 1. The minimum absolute atomic E-state index is 0.0562. The Labute approximate surface area is 108 Å². The van der Waals surface area contributed by atoms with E-state index < -0.39 is 0 Å². The summed E-state index contributed by atoms with van der Waals surface area (Å²) in [6.45, 7) is 1.25. The van der Waals surface area contributed by atoms with E-state index in [0.29, 0.717) is 24.4 Å². The minimum Gasteiger partial charge on any atom is -0.397 e. The van der Waals surface area contributed by atoms with Crippen LogP contribution in [0.25, 0.3) is 0 Å². The van der Waals surface area contributed by atoms with Crippen molar-refractivity contribution in [1.29, 1.82) is 0 Å². The number of carbonyl (C=O) groups excluding carboxylic acids is 1. The molecular weight excluding hydrogens is 228 g/mol. The fourth-order valence-corrected chi connectivity index (χ4v) is 1.75. The lowest BCUT2D eigenvalue weighted by molar-refractivity contribution is -0.117. The first-order valence-electron chi connectivity index (χ1n) is 6.48. The summed E-state index contributed by atoms with van der Waals surface area (Å²) in [7, 11) is 0. The molecule has 1 aromatic carbocycles. The van der Waals surface area contributed by atoms with Crippen LogP contribution in [0.15, 0.2) is 24.3 Å². The third-order valence-electron chi connectivity index (χ3n) is 3.08. The van der Waals surface area contributed by atoms with Gasteiger partial charge in [0.15, 0.2) is 0 Å². The fraction of sp³-hybridized carbons (Fsp3) is 0.500. The van der Waals surface area contributed by atoms with Crippen molar-refractivity contribution < 1.29 is 9.53 Å². The predicted octanol–water partition coefficient (Wildman–Crippen LogP) is 2.41. The molecule has 1 fully saturated rings. The Morgan fingerprint density at radius 3 is 2.83 bits per heavy atom. The predicted molar refractivity (Wildman–Crippen MR) is 72.3 cm³/mol. The van der Waals surface area contributed by atoms with Crippen molar-refractivity contribution in [2.75, 3.05) is 24.3 Å². The van der Waals surface area contributed by atoms with E-state index >= 15 is 0 Å². The van der Waals surface area contributed by atoms with Crippen molar-refractivity contribution in [2.45, 2.75) is 25.7 Å². The van der Waals surface area contributed by atoms with Gasteiger partial charge in [0.05, 0.1) is 24.4 Å². The number of carbonyl (C=O) groups is 1. The van der Waals surface area contributed by atoms with Gasteiger partial charge < -0.3 is 15.8 Å². The van der Waals surface area contributed by atoms with Crippen LogP contribution in [0.3, 0.4) is 0 Å². The zero-order valence-electron chi connectivity index (χ0n) is 10.5. The van der Waals surface area contributed by atoms with Crippen molar-refractivity contribution in [3.63, 3.8) is 0 Å². The third kappa shape index (κ3) is 4.37. The second-order valence-electron chi connectivity index (χ2n) is 4.73. The minimum atomic E-state index is -0.0562. The molecule has 0 bridgehead atoms. The van der Waals surface area contributed by atoms with Gasteiger partial charge in [-0.2, -0.15) is 0 Å². The van der Waals surface area contributed by atoms with E-state index in [-0.39, 0.29) is 5.91 Å². The fourth-order valence-electron chi connectivity index (χ4n) is 1.75. The summed E-state index contributed by atoms with van der Waals surface area (Å²) in [6, 6.07) is 7.24. The summed E-state index contributed by atoms with van der Waals surface area (Å²) in [4.78, 5) is 11.6. The summed E-state index contributed by atoms with van der Waals surface area (Å²) >= 11 is 0. The summed E-state index contributed by atoms with van der Waals surface area (Å²) < 4.78 is 5.43. The van der Waals surface area contributed by atoms with E-state index in [1.165, 1.54) is 12.8 Å². The summed E-state index contributed by atoms with van der Waals surface area (Å²) in [6.07, 6.45) is 4.19. The smallest absolute Gasteiger partial charge is 0.226 e. The number of amides is 1. The van der Waals surface area contributed by atoms with E-state index in [4.69, 9.17) is 10.5 Å². The maximum atomic E-state index is 11.6. The second kappa shape index (κ2) is 6.40. The summed E-state index contributed by atoms with van der Waals surface area (Å²) in [5.41, 5.74) is 6.99. The van der Waals surface area contributed by atoms with Crippen molar-refractivity contribution in [3.05, 3.63) is 24.3 Å². The molecule has 1 aliphatic carbocycles. The number of para-hydroxylation sites is 2. The summed E-state index contributed by atoms with van der Waals surface area (Å²) in [5, 5.41) is 2.78. The number of ether oxygens (including phenoxy) is 1. The largest absolute Gasteiger partial charge is 0.397 e. The van der Waals surface area contributed by atoms with Crippen LogP contribution < -0.4 is 11.1 Å². The quantitative estimate of drug-likeness (QED) is 0.575. The average molecular weight is 248 g/mol.